The van der Waals surface area contributed by atoms with Crippen LogP contribution in [0.5, 0.6) is 11.5 Å². The summed E-state index contributed by atoms with van der Waals surface area (Å²) in [5.74, 6) is 1.74. The molecule has 0 atom stereocenters. The van der Waals surface area contributed by atoms with Crippen LogP contribution in [0.1, 0.15) is 0 Å². The number of hydrogen-bond acceptors (Lipinski definition) is 4. The van der Waals surface area contributed by atoms with Crippen LogP contribution in [-0.2, 0) is 0 Å². The summed E-state index contributed by atoms with van der Waals surface area (Å²) in [5.41, 5.74) is 15.0. The number of fused-ring (bicyclic) bond motifs is 7. The Labute approximate surface area is 382 Å². The molecule has 2 heterocycles. The summed E-state index contributed by atoms with van der Waals surface area (Å²) in [4.78, 5) is 4.59. The Kier molecular flexibility index (Phi) is 8.81. The third-order valence-corrected chi connectivity index (χ3v) is 13.0. The zero-order valence-electron chi connectivity index (χ0n) is 35.8. The summed E-state index contributed by atoms with van der Waals surface area (Å²) >= 11 is 0. The van der Waals surface area contributed by atoms with Crippen molar-refractivity contribution in [1.82, 2.24) is 0 Å². The maximum atomic E-state index is 6.78. The van der Waals surface area contributed by atoms with Crippen LogP contribution < -0.4 is 14.5 Å². The fourth-order valence-electron chi connectivity index (χ4n) is 9.90. The molecule has 0 spiro atoms. The Morgan fingerprint density at radius 2 is 0.848 bits per heavy atom. The van der Waals surface area contributed by atoms with Gasteiger partial charge in [0.2, 0.25) is 0 Å². The summed E-state index contributed by atoms with van der Waals surface area (Å²) in [5, 5.41) is 6.92. The van der Waals surface area contributed by atoms with Crippen molar-refractivity contribution in [2.45, 2.75) is 0 Å². The van der Waals surface area contributed by atoms with Crippen molar-refractivity contribution < 1.29 is 9.15 Å². The molecule has 4 nitrogen and oxygen atoms in total. The fraction of sp³-hybridized carbons (Fsp3) is 0. The highest BCUT2D eigenvalue weighted by Gasteiger charge is 2.24. The van der Waals surface area contributed by atoms with E-state index in [0.29, 0.717) is 0 Å². The van der Waals surface area contributed by atoms with E-state index >= 15 is 0 Å². The van der Waals surface area contributed by atoms with Gasteiger partial charge in [0.15, 0.2) is 5.58 Å². The zero-order chi connectivity index (χ0) is 43.6. The van der Waals surface area contributed by atoms with Crippen molar-refractivity contribution in [2.24, 2.45) is 0 Å². The Morgan fingerprint density at radius 3 is 1.56 bits per heavy atom. The molecule has 0 saturated carbocycles. The first-order valence-corrected chi connectivity index (χ1v) is 22.4. The zero-order valence-corrected chi connectivity index (χ0v) is 35.8. The Hall–Kier alpha value is -8.86. The lowest BCUT2D eigenvalue weighted by molar-refractivity contribution is 0.487. The average molecular weight is 845 g/mol. The maximum absolute atomic E-state index is 6.78. The molecule has 66 heavy (non-hydrogen) atoms. The van der Waals surface area contributed by atoms with Gasteiger partial charge in [0.1, 0.15) is 17.1 Å². The molecule has 0 radical (unpaired) electrons. The number of furan rings is 1. The van der Waals surface area contributed by atoms with Gasteiger partial charge in [-0.05, 0) is 141 Å². The minimum atomic E-state index is 0.865. The number of benzene rings is 11. The molecule has 310 valence electrons. The molecule has 0 saturated heterocycles. The molecule has 0 aliphatic carbocycles. The van der Waals surface area contributed by atoms with Gasteiger partial charge in [0.25, 0.3) is 0 Å². The quantitative estimate of drug-likeness (QED) is 0.143. The molecule has 11 aromatic carbocycles. The number of anilines is 6. The van der Waals surface area contributed by atoms with E-state index in [1.54, 1.807) is 0 Å². The number of nitrogens with zero attached hydrogens (tertiary/aromatic N) is 2. The van der Waals surface area contributed by atoms with E-state index in [1.807, 2.05) is 12.1 Å². The largest absolute Gasteiger partial charge is 0.456 e. The highest BCUT2D eigenvalue weighted by atomic mass is 16.5. The second-order valence-corrected chi connectivity index (χ2v) is 16.9. The highest BCUT2D eigenvalue weighted by Crippen LogP contribution is 2.51. The predicted molar refractivity (Wildman–Crippen MR) is 274 cm³/mol. The standard InChI is InChI=1S/C62H40N2O2/c1-4-14-46(15-5-1)63(47-16-6-2-7-17-47)50-36-32-45-38-56-52-37-33-44(39-60(52)65-59-25-13-21-53(61(56)59)55(45)40-50)43-28-26-41(27-29-43)42-30-34-49(35-31-42)64(48-18-8-3-9-19-48)57-23-12-22-54-51-20-10-11-24-58(51)66-62(54)57/h1-40H. The Bertz CT molecular complexity index is 3730. The van der Waals surface area contributed by atoms with Crippen LogP contribution in [0.2, 0.25) is 0 Å². The van der Waals surface area contributed by atoms with Crippen LogP contribution in [0.15, 0.2) is 247 Å². The van der Waals surface area contributed by atoms with E-state index in [-0.39, 0.29) is 0 Å². The first-order chi connectivity index (χ1) is 32.7. The topological polar surface area (TPSA) is 28.9 Å². The predicted octanol–water partition coefficient (Wildman–Crippen LogP) is 17.9. The molecule has 12 aromatic rings. The first-order valence-electron chi connectivity index (χ1n) is 22.4. The normalized spacial score (nSPS) is 11.8. The van der Waals surface area contributed by atoms with Crippen molar-refractivity contribution in [3.63, 3.8) is 0 Å². The minimum Gasteiger partial charge on any atom is -0.456 e. The maximum Gasteiger partial charge on any atom is 0.159 e. The second-order valence-electron chi connectivity index (χ2n) is 16.9. The van der Waals surface area contributed by atoms with Gasteiger partial charge >= 0.3 is 0 Å². The van der Waals surface area contributed by atoms with Crippen LogP contribution in [-0.4, -0.2) is 0 Å². The molecule has 4 heteroatoms. The van der Waals surface area contributed by atoms with Crippen molar-refractivity contribution in [2.75, 3.05) is 9.80 Å². The monoisotopic (exact) mass is 844 g/mol. The Balaban J connectivity index is 0.811. The third-order valence-electron chi connectivity index (χ3n) is 13.0. The lowest BCUT2D eigenvalue weighted by Crippen LogP contribution is -2.10. The van der Waals surface area contributed by atoms with Crippen molar-refractivity contribution in [3.05, 3.63) is 243 Å². The fourth-order valence-corrected chi connectivity index (χ4v) is 9.90. The molecule has 1 aromatic heterocycles. The molecule has 0 amide bonds. The van der Waals surface area contributed by atoms with Crippen LogP contribution in [0.3, 0.4) is 0 Å². The Morgan fingerprint density at radius 1 is 0.303 bits per heavy atom. The summed E-state index contributed by atoms with van der Waals surface area (Å²) < 4.78 is 13.3. The molecule has 0 unspecified atom stereocenters. The van der Waals surface area contributed by atoms with Crippen LogP contribution in [0.25, 0.3) is 76.9 Å². The molecule has 1 aliphatic heterocycles. The van der Waals surface area contributed by atoms with E-state index in [4.69, 9.17) is 9.15 Å². The summed E-state index contributed by atoms with van der Waals surface area (Å²) in [7, 11) is 0. The SMILES string of the molecule is c1ccc(N(c2ccccc2)c2ccc3cc4c5c(cccc5c3c2)Oc2cc(-c3ccc(-c5ccc(N(c6ccccc6)c6cccc7c6oc6ccccc67)cc5)cc3)ccc2-4)cc1. The molecule has 0 N–H and O–H groups in total. The van der Waals surface area contributed by atoms with Gasteiger partial charge in [-0.1, -0.05) is 146 Å². The van der Waals surface area contributed by atoms with E-state index < -0.39 is 0 Å². The lowest BCUT2D eigenvalue weighted by Gasteiger charge is -2.27. The van der Waals surface area contributed by atoms with Gasteiger partial charge in [0, 0.05) is 50.2 Å². The summed E-state index contributed by atoms with van der Waals surface area (Å²) in [6.45, 7) is 0. The van der Waals surface area contributed by atoms with Crippen LogP contribution >= 0.6 is 0 Å². The van der Waals surface area contributed by atoms with Gasteiger partial charge in [-0.2, -0.15) is 0 Å². The summed E-state index contributed by atoms with van der Waals surface area (Å²) in [6.07, 6.45) is 0. The average Bonchev–Trinajstić information content (AvgIpc) is 3.77. The van der Waals surface area contributed by atoms with E-state index in [1.165, 1.54) is 21.7 Å². The molecule has 0 bridgehead atoms. The van der Waals surface area contributed by atoms with E-state index in [2.05, 4.69) is 240 Å². The molecular formula is C62H40N2O2. The van der Waals surface area contributed by atoms with Gasteiger partial charge in [-0.25, -0.2) is 0 Å². The van der Waals surface area contributed by atoms with Crippen molar-refractivity contribution in [1.29, 1.82) is 0 Å². The molecular weight excluding hydrogens is 805 g/mol. The van der Waals surface area contributed by atoms with Gasteiger partial charge < -0.3 is 19.0 Å². The third kappa shape index (κ3) is 6.30. The van der Waals surface area contributed by atoms with E-state index in [0.717, 1.165) is 101 Å². The van der Waals surface area contributed by atoms with Crippen LogP contribution in [0.4, 0.5) is 34.1 Å². The first kappa shape index (κ1) is 37.7. The second kappa shape index (κ2) is 15.4. The molecule has 0 fully saturated rings. The van der Waals surface area contributed by atoms with Crippen molar-refractivity contribution in [3.8, 4) is 44.9 Å². The smallest absolute Gasteiger partial charge is 0.159 e. The lowest BCUT2D eigenvalue weighted by atomic mass is 9.89. The van der Waals surface area contributed by atoms with Gasteiger partial charge in [-0.15, -0.1) is 0 Å². The van der Waals surface area contributed by atoms with Gasteiger partial charge in [0.05, 0.1) is 5.69 Å². The van der Waals surface area contributed by atoms with Crippen LogP contribution in [0, 0.1) is 0 Å². The molecule has 13 rings (SSSR count). The molecule has 1 aliphatic rings. The summed E-state index contributed by atoms with van der Waals surface area (Å²) in [6, 6.07) is 86.1. The van der Waals surface area contributed by atoms with Crippen molar-refractivity contribution >= 4 is 77.6 Å². The van der Waals surface area contributed by atoms with E-state index in [9.17, 15) is 0 Å². The highest BCUT2D eigenvalue weighted by molar-refractivity contribution is 6.18. The number of hydrogen-bond donors (Lipinski definition) is 0. The number of ether oxygens (including phenoxy) is 1. The number of para-hydroxylation sites is 5. The minimum absolute atomic E-state index is 0.865. The number of rotatable bonds is 8. The van der Waals surface area contributed by atoms with Gasteiger partial charge in [-0.3, -0.25) is 0 Å².